The number of aromatic nitrogens is 2. The fourth-order valence-electron chi connectivity index (χ4n) is 2.15. The molecule has 0 radical (unpaired) electrons. The first-order valence-electron chi connectivity index (χ1n) is 6.37. The summed E-state index contributed by atoms with van der Waals surface area (Å²) in [6.07, 6.45) is 1.10. The average molecular weight is 259 g/mol. The highest BCUT2D eigenvalue weighted by molar-refractivity contribution is 5.63. The Kier molecular flexibility index (Phi) is 3.13. The fourth-order valence-corrected chi connectivity index (χ4v) is 2.15. The van der Waals surface area contributed by atoms with Crippen LogP contribution in [0.25, 0.3) is 11.3 Å². The molecular weight excluding hydrogens is 242 g/mol. The summed E-state index contributed by atoms with van der Waals surface area (Å²) >= 11 is 0. The molecule has 5 heteroatoms. The number of benzene rings is 1. The highest BCUT2D eigenvalue weighted by atomic mass is 16.5. The lowest BCUT2D eigenvalue weighted by molar-refractivity contribution is 0.141. The first kappa shape index (κ1) is 12.0. The van der Waals surface area contributed by atoms with E-state index in [0.717, 1.165) is 30.0 Å². The van der Waals surface area contributed by atoms with Gasteiger partial charge in [0, 0.05) is 25.1 Å². The first-order chi connectivity index (χ1) is 9.22. The van der Waals surface area contributed by atoms with Crippen LogP contribution in [0.4, 0.5) is 5.82 Å². The molecule has 5 nitrogen and oxygen atoms in total. The molecule has 0 amide bonds. The van der Waals surface area contributed by atoms with Crippen LogP contribution in [-0.2, 0) is 11.8 Å². The van der Waals surface area contributed by atoms with E-state index < -0.39 is 0 Å². The fraction of sp³-hybridized carbons (Fsp3) is 0.357. The van der Waals surface area contributed by atoms with Crippen LogP contribution < -0.4 is 10.5 Å². The quantitative estimate of drug-likeness (QED) is 0.913. The van der Waals surface area contributed by atoms with Crippen molar-refractivity contribution in [2.75, 3.05) is 18.9 Å². The zero-order chi connectivity index (χ0) is 13.2. The van der Waals surface area contributed by atoms with Crippen molar-refractivity contribution in [1.82, 2.24) is 9.78 Å². The third-order valence-corrected chi connectivity index (χ3v) is 3.24. The minimum absolute atomic E-state index is 0.157. The summed E-state index contributed by atoms with van der Waals surface area (Å²) in [5, 5.41) is 4.36. The van der Waals surface area contributed by atoms with Gasteiger partial charge in [-0.05, 0) is 12.1 Å². The maximum absolute atomic E-state index is 5.88. The van der Waals surface area contributed by atoms with Crippen molar-refractivity contribution in [3.8, 4) is 17.0 Å². The molecule has 1 saturated heterocycles. The predicted octanol–water partition coefficient (Wildman–Crippen LogP) is 1.84. The van der Waals surface area contributed by atoms with Gasteiger partial charge in [0.25, 0.3) is 0 Å². The highest BCUT2D eigenvalue weighted by Gasteiger charge is 2.17. The molecule has 1 atom stereocenters. The molecule has 3 rings (SSSR count). The molecule has 0 bridgehead atoms. The van der Waals surface area contributed by atoms with E-state index in [1.807, 2.05) is 37.4 Å². The van der Waals surface area contributed by atoms with Gasteiger partial charge in [-0.2, -0.15) is 5.10 Å². The van der Waals surface area contributed by atoms with Crippen LogP contribution in [0.2, 0.25) is 0 Å². The number of nitrogens with zero attached hydrogens (tertiary/aromatic N) is 2. The molecule has 2 N–H and O–H groups in total. The molecule has 1 aromatic carbocycles. The largest absolute Gasteiger partial charge is 0.488 e. The summed E-state index contributed by atoms with van der Waals surface area (Å²) in [5.74, 6) is 1.49. The summed E-state index contributed by atoms with van der Waals surface area (Å²) < 4.78 is 12.9. The Labute approximate surface area is 111 Å². The average Bonchev–Trinajstić information content (AvgIpc) is 3.01. The molecular formula is C14H17N3O2. The van der Waals surface area contributed by atoms with E-state index in [1.165, 1.54) is 0 Å². The number of hydrogen-bond donors (Lipinski definition) is 1. The maximum atomic E-state index is 5.88. The predicted molar refractivity (Wildman–Crippen MR) is 72.9 cm³/mol. The smallest absolute Gasteiger partial charge is 0.124 e. The van der Waals surface area contributed by atoms with Crippen LogP contribution in [0.5, 0.6) is 5.75 Å². The van der Waals surface area contributed by atoms with Crippen molar-refractivity contribution >= 4 is 5.82 Å². The van der Waals surface area contributed by atoms with E-state index in [1.54, 1.807) is 4.68 Å². The van der Waals surface area contributed by atoms with E-state index in [4.69, 9.17) is 15.2 Å². The normalized spacial score (nSPS) is 18.7. The van der Waals surface area contributed by atoms with Gasteiger partial charge in [-0.25, -0.2) is 0 Å². The third kappa shape index (κ3) is 2.56. The number of nitrogens with two attached hydrogens (primary N) is 1. The number of hydrogen-bond acceptors (Lipinski definition) is 4. The van der Waals surface area contributed by atoms with Gasteiger partial charge in [-0.3, -0.25) is 4.68 Å². The lowest BCUT2D eigenvalue weighted by atomic mass is 10.1. The second-order valence-corrected chi connectivity index (χ2v) is 4.71. The zero-order valence-corrected chi connectivity index (χ0v) is 10.9. The summed E-state index contributed by atoms with van der Waals surface area (Å²) in [5.41, 5.74) is 7.66. The minimum Gasteiger partial charge on any atom is -0.488 e. The number of ether oxygens (including phenoxy) is 2. The molecule has 1 aromatic heterocycles. The second kappa shape index (κ2) is 4.93. The van der Waals surface area contributed by atoms with E-state index in [9.17, 15) is 0 Å². The molecule has 1 unspecified atom stereocenters. The van der Waals surface area contributed by atoms with Gasteiger partial charge in [0.05, 0.1) is 18.9 Å². The van der Waals surface area contributed by atoms with Gasteiger partial charge < -0.3 is 15.2 Å². The molecule has 0 saturated carbocycles. The molecule has 2 heterocycles. The zero-order valence-electron chi connectivity index (χ0n) is 10.9. The minimum atomic E-state index is 0.157. The number of aryl methyl sites for hydroxylation is 1. The standard InChI is InChI=1S/C14H17N3O2/c1-17-14(15)8-13(16-17)10-3-2-4-11(7-10)19-12-5-6-18-9-12/h2-4,7-8,12H,5-6,9,15H2,1H3. The monoisotopic (exact) mass is 259 g/mol. The van der Waals surface area contributed by atoms with Crippen molar-refractivity contribution < 1.29 is 9.47 Å². The van der Waals surface area contributed by atoms with Crippen LogP contribution in [0.1, 0.15) is 6.42 Å². The summed E-state index contributed by atoms with van der Waals surface area (Å²) in [6, 6.07) is 9.76. The van der Waals surface area contributed by atoms with E-state index in [0.29, 0.717) is 12.4 Å². The van der Waals surface area contributed by atoms with Gasteiger partial charge in [0.15, 0.2) is 0 Å². The number of nitrogen functional groups attached to an aromatic ring is 1. The Morgan fingerprint density at radius 2 is 2.32 bits per heavy atom. The van der Waals surface area contributed by atoms with Crippen LogP contribution in [0.3, 0.4) is 0 Å². The van der Waals surface area contributed by atoms with Gasteiger partial charge in [0.2, 0.25) is 0 Å². The topological polar surface area (TPSA) is 62.3 Å². The molecule has 1 aliphatic heterocycles. The Bertz CT molecular complexity index is 554. The summed E-state index contributed by atoms with van der Waals surface area (Å²) in [6.45, 7) is 1.45. The molecule has 19 heavy (non-hydrogen) atoms. The van der Waals surface area contributed by atoms with Gasteiger partial charge in [-0.1, -0.05) is 12.1 Å². The Balaban J connectivity index is 1.82. The number of anilines is 1. The van der Waals surface area contributed by atoms with Gasteiger partial charge in [-0.15, -0.1) is 0 Å². The highest BCUT2D eigenvalue weighted by Crippen LogP contribution is 2.25. The van der Waals surface area contributed by atoms with Crippen molar-refractivity contribution in [1.29, 1.82) is 0 Å². The van der Waals surface area contributed by atoms with Gasteiger partial charge >= 0.3 is 0 Å². The molecule has 0 spiro atoms. The Hall–Kier alpha value is -2.01. The van der Waals surface area contributed by atoms with Crippen molar-refractivity contribution in [2.24, 2.45) is 7.05 Å². The lowest BCUT2D eigenvalue weighted by Gasteiger charge is -2.12. The van der Waals surface area contributed by atoms with Crippen molar-refractivity contribution in [3.63, 3.8) is 0 Å². The molecule has 1 aliphatic rings. The van der Waals surface area contributed by atoms with Crippen LogP contribution in [-0.4, -0.2) is 29.1 Å². The van der Waals surface area contributed by atoms with E-state index >= 15 is 0 Å². The van der Waals surface area contributed by atoms with Crippen LogP contribution >= 0.6 is 0 Å². The molecule has 1 fully saturated rings. The van der Waals surface area contributed by atoms with E-state index in [2.05, 4.69) is 5.10 Å². The second-order valence-electron chi connectivity index (χ2n) is 4.71. The lowest BCUT2D eigenvalue weighted by Crippen LogP contribution is -2.15. The maximum Gasteiger partial charge on any atom is 0.124 e. The van der Waals surface area contributed by atoms with Crippen LogP contribution in [0.15, 0.2) is 30.3 Å². The molecule has 100 valence electrons. The Morgan fingerprint density at radius 3 is 3.00 bits per heavy atom. The third-order valence-electron chi connectivity index (χ3n) is 3.24. The SMILES string of the molecule is Cn1nc(-c2cccc(OC3CCOC3)c2)cc1N. The molecule has 0 aliphatic carbocycles. The number of rotatable bonds is 3. The van der Waals surface area contributed by atoms with Crippen molar-refractivity contribution in [3.05, 3.63) is 30.3 Å². The van der Waals surface area contributed by atoms with Crippen molar-refractivity contribution in [2.45, 2.75) is 12.5 Å². The Morgan fingerprint density at radius 1 is 1.42 bits per heavy atom. The van der Waals surface area contributed by atoms with Crippen LogP contribution in [0, 0.1) is 0 Å². The molecule has 2 aromatic rings. The summed E-state index contributed by atoms with van der Waals surface area (Å²) in [4.78, 5) is 0. The summed E-state index contributed by atoms with van der Waals surface area (Å²) in [7, 11) is 1.83. The first-order valence-corrected chi connectivity index (χ1v) is 6.37. The van der Waals surface area contributed by atoms with Gasteiger partial charge in [0.1, 0.15) is 17.7 Å². The van der Waals surface area contributed by atoms with E-state index in [-0.39, 0.29) is 6.10 Å².